The molecule has 1 aromatic carbocycles. The molecule has 1 aromatic heterocycles. The number of rotatable bonds is 4. The number of aromatic nitrogens is 2. The van der Waals surface area contributed by atoms with Crippen LogP contribution >= 0.6 is 0 Å². The van der Waals surface area contributed by atoms with Gasteiger partial charge in [0.05, 0.1) is 0 Å². The Kier molecular flexibility index (Phi) is 4.68. The van der Waals surface area contributed by atoms with Crippen molar-refractivity contribution >= 4 is 23.5 Å². The molecule has 0 bridgehead atoms. The van der Waals surface area contributed by atoms with Crippen LogP contribution in [0.3, 0.4) is 0 Å². The highest BCUT2D eigenvalue weighted by Crippen LogP contribution is 2.20. The molecule has 122 valence electrons. The van der Waals surface area contributed by atoms with Gasteiger partial charge in [-0.15, -0.1) is 0 Å². The maximum Gasteiger partial charge on any atom is 0.408 e. The van der Waals surface area contributed by atoms with Crippen LogP contribution in [-0.2, 0) is 6.54 Å². The number of benzene rings is 1. The smallest absolute Gasteiger partial charge is 0.408 e. The Hall–Kier alpha value is -2.83. The number of hydrogen-bond donors (Lipinski definition) is 3. The molecule has 0 aliphatic rings. The van der Waals surface area contributed by atoms with Crippen molar-refractivity contribution in [2.75, 3.05) is 11.1 Å². The molecule has 0 spiro atoms. The number of nitrogens with two attached hydrogens (primary N) is 1. The molecule has 7 nitrogen and oxygen atoms in total. The molecule has 0 radical (unpaired) electrons. The first-order valence-electron chi connectivity index (χ1n) is 7.21. The van der Waals surface area contributed by atoms with Gasteiger partial charge in [0.15, 0.2) is 0 Å². The summed E-state index contributed by atoms with van der Waals surface area (Å²) in [7, 11) is 0. The predicted octanol–water partition coefficient (Wildman–Crippen LogP) is 3.08. The molecule has 0 saturated carbocycles. The van der Waals surface area contributed by atoms with Crippen molar-refractivity contribution < 1.29 is 9.90 Å². The highest BCUT2D eigenvalue weighted by molar-refractivity contribution is 5.66. The SMILES string of the molecule is CC(C)(C)N(Cc1ccc(Nc2nccc(N)n2)cc1)C(=O)O. The largest absolute Gasteiger partial charge is 0.465 e. The summed E-state index contributed by atoms with van der Waals surface area (Å²) >= 11 is 0. The first kappa shape index (κ1) is 16.5. The molecule has 1 heterocycles. The summed E-state index contributed by atoms with van der Waals surface area (Å²) in [5.74, 6) is 0.806. The minimum absolute atomic E-state index is 0.327. The van der Waals surface area contributed by atoms with Gasteiger partial charge in [-0.1, -0.05) is 12.1 Å². The highest BCUT2D eigenvalue weighted by atomic mass is 16.4. The molecule has 1 amide bonds. The number of anilines is 3. The molecular weight excluding hydrogens is 294 g/mol. The predicted molar refractivity (Wildman–Crippen MR) is 89.5 cm³/mol. The van der Waals surface area contributed by atoms with Crippen LogP contribution in [-0.4, -0.2) is 31.6 Å². The number of nitrogens with one attached hydrogen (secondary N) is 1. The lowest BCUT2D eigenvalue weighted by atomic mass is 10.1. The first-order chi connectivity index (χ1) is 10.8. The van der Waals surface area contributed by atoms with Crippen molar-refractivity contribution in [3.05, 3.63) is 42.1 Å². The third kappa shape index (κ3) is 4.57. The molecule has 2 aromatic rings. The van der Waals surface area contributed by atoms with E-state index in [-0.39, 0.29) is 0 Å². The molecule has 0 unspecified atom stereocenters. The van der Waals surface area contributed by atoms with Gasteiger partial charge in [-0.25, -0.2) is 9.78 Å². The lowest BCUT2D eigenvalue weighted by Gasteiger charge is -2.33. The number of carbonyl (C=O) groups is 1. The molecule has 2 rings (SSSR count). The zero-order chi connectivity index (χ0) is 17.0. The Bertz CT molecular complexity index is 680. The number of hydrogen-bond acceptors (Lipinski definition) is 5. The Morgan fingerprint density at radius 3 is 2.43 bits per heavy atom. The van der Waals surface area contributed by atoms with E-state index in [0.717, 1.165) is 11.3 Å². The third-order valence-electron chi connectivity index (χ3n) is 3.27. The van der Waals surface area contributed by atoms with E-state index >= 15 is 0 Å². The van der Waals surface area contributed by atoms with Gasteiger partial charge in [0, 0.05) is 24.0 Å². The van der Waals surface area contributed by atoms with Crippen LogP contribution in [0.4, 0.5) is 22.2 Å². The topological polar surface area (TPSA) is 104 Å². The fraction of sp³-hybridized carbons (Fsp3) is 0.312. The number of amides is 1. The maximum atomic E-state index is 11.4. The van der Waals surface area contributed by atoms with E-state index < -0.39 is 11.6 Å². The Morgan fingerprint density at radius 1 is 1.26 bits per heavy atom. The number of nitrogen functional groups attached to an aromatic ring is 1. The minimum Gasteiger partial charge on any atom is -0.465 e. The second-order valence-corrected chi connectivity index (χ2v) is 6.17. The maximum absolute atomic E-state index is 11.4. The standard InChI is InChI=1S/C16H21N5O2/c1-16(2,3)21(15(22)23)10-11-4-6-12(7-5-11)19-14-18-9-8-13(17)20-14/h4-9H,10H2,1-3H3,(H,22,23)(H3,17,18,19,20). The second kappa shape index (κ2) is 6.51. The molecular formula is C16H21N5O2. The second-order valence-electron chi connectivity index (χ2n) is 6.17. The molecule has 0 aliphatic carbocycles. The third-order valence-corrected chi connectivity index (χ3v) is 3.27. The quantitative estimate of drug-likeness (QED) is 0.801. The molecule has 0 aliphatic heterocycles. The molecule has 23 heavy (non-hydrogen) atoms. The van der Waals surface area contributed by atoms with Crippen molar-refractivity contribution in [3.8, 4) is 0 Å². The minimum atomic E-state index is -0.937. The van der Waals surface area contributed by atoms with E-state index in [1.165, 1.54) is 4.90 Å². The lowest BCUT2D eigenvalue weighted by Crippen LogP contribution is -2.44. The van der Waals surface area contributed by atoms with Crippen molar-refractivity contribution in [1.82, 2.24) is 14.9 Å². The summed E-state index contributed by atoms with van der Waals surface area (Å²) in [5.41, 5.74) is 6.85. The monoisotopic (exact) mass is 315 g/mol. The van der Waals surface area contributed by atoms with Crippen LogP contribution < -0.4 is 11.1 Å². The summed E-state index contributed by atoms with van der Waals surface area (Å²) in [4.78, 5) is 20.9. The van der Waals surface area contributed by atoms with Crippen LogP contribution in [0.2, 0.25) is 0 Å². The van der Waals surface area contributed by atoms with Crippen molar-refractivity contribution in [3.63, 3.8) is 0 Å². The van der Waals surface area contributed by atoms with Gasteiger partial charge in [-0.2, -0.15) is 4.98 Å². The van der Waals surface area contributed by atoms with Gasteiger partial charge in [0.1, 0.15) is 5.82 Å². The fourth-order valence-corrected chi connectivity index (χ4v) is 2.03. The summed E-state index contributed by atoms with van der Waals surface area (Å²) < 4.78 is 0. The van der Waals surface area contributed by atoms with Crippen LogP contribution in [0.1, 0.15) is 26.3 Å². The van der Waals surface area contributed by atoms with E-state index in [9.17, 15) is 9.90 Å². The van der Waals surface area contributed by atoms with Gasteiger partial charge >= 0.3 is 6.09 Å². The van der Waals surface area contributed by atoms with Crippen LogP contribution in [0.25, 0.3) is 0 Å². The van der Waals surface area contributed by atoms with Gasteiger partial charge < -0.3 is 16.2 Å². The summed E-state index contributed by atoms with van der Waals surface area (Å²) in [6.45, 7) is 5.93. The molecule has 0 fully saturated rings. The summed E-state index contributed by atoms with van der Waals surface area (Å²) in [5, 5.41) is 12.4. The zero-order valence-corrected chi connectivity index (χ0v) is 13.4. The number of carboxylic acid groups (broad SMARTS) is 1. The van der Waals surface area contributed by atoms with Crippen molar-refractivity contribution in [2.45, 2.75) is 32.9 Å². The summed E-state index contributed by atoms with van der Waals surface area (Å²) in [6, 6.07) is 9.06. The van der Waals surface area contributed by atoms with Crippen LogP contribution in [0, 0.1) is 0 Å². The Labute approximate surface area is 135 Å². The Balaban J connectivity index is 2.08. The van der Waals surface area contributed by atoms with E-state index in [2.05, 4.69) is 15.3 Å². The Morgan fingerprint density at radius 2 is 1.91 bits per heavy atom. The van der Waals surface area contributed by atoms with E-state index in [0.29, 0.717) is 18.3 Å². The van der Waals surface area contributed by atoms with Crippen molar-refractivity contribution in [2.24, 2.45) is 0 Å². The zero-order valence-electron chi connectivity index (χ0n) is 13.4. The van der Waals surface area contributed by atoms with Gasteiger partial charge in [0.25, 0.3) is 0 Å². The number of nitrogens with zero attached hydrogens (tertiary/aromatic N) is 3. The van der Waals surface area contributed by atoms with Crippen LogP contribution in [0.15, 0.2) is 36.5 Å². The molecule has 0 saturated heterocycles. The average Bonchev–Trinajstić information content (AvgIpc) is 2.45. The molecule has 0 atom stereocenters. The highest BCUT2D eigenvalue weighted by Gasteiger charge is 2.25. The molecule has 4 N–H and O–H groups in total. The van der Waals surface area contributed by atoms with Gasteiger partial charge in [0.2, 0.25) is 5.95 Å². The first-order valence-corrected chi connectivity index (χ1v) is 7.21. The van der Waals surface area contributed by atoms with Crippen LogP contribution in [0.5, 0.6) is 0 Å². The molecule has 7 heteroatoms. The van der Waals surface area contributed by atoms with Crippen molar-refractivity contribution in [1.29, 1.82) is 0 Å². The van der Waals surface area contributed by atoms with E-state index in [4.69, 9.17) is 5.73 Å². The normalized spacial score (nSPS) is 11.1. The average molecular weight is 315 g/mol. The van der Waals surface area contributed by atoms with E-state index in [1.54, 1.807) is 12.3 Å². The van der Waals surface area contributed by atoms with Gasteiger partial charge in [-0.3, -0.25) is 4.90 Å². The summed E-state index contributed by atoms with van der Waals surface area (Å²) in [6.07, 6.45) is 0.639. The fourth-order valence-electron chi connectivity index (χ4n) is 2.03. The van der Waals surface area contributed by atoms with Gasteiger partial charge in [-0.05, 0) is 44.5 Å². The lowest BCUT2D eigenvalue weighted by molar-refractivity contribution is 0.0956. The van der Waals surface area contributed by atoms with E-state index in [1.807, 2.05) is 45.0 Å².